The van der Waals surface area contributed by atoms with Crippen molar-refractivity contribution in [3.8, 4) is 0 Å². The van der Waals surface area contributed by atoms with E-state index < -0.39 is 0 Å². The summed E-state index contributed by atoms with van der Waals surface area (Å²) in [6, 6.07) is 0. The molecule has 0 radical (unpaired) electrons. The summed E-state index contributed by atoms with van der Waals surface area (Å²) >= 11 is 0. The van der Waals surface area contributed by atoms with Gasteiger partial charge in [-0.3, -0.25) is 0 Å². The van der Waals surface area contributed by atoms with E-state index in [1.54, 1.807) is 7.11 Å². The predicted molar refractivity (Wildman–Crippen MR) is 32.2 cm³/mol. The van der Waals surface area contributed by atoms with Gasteiger partial charge >= 0.3 is 0 Å². The maximum absolute atomic E-state index is 8.66. The Balaban J connectivity index is 2.32. The summed E-state index contributed by atoms with van der Waals surface area (Å²) in [4.78, 5) is 0. The van der Waals surface area contributed by atoms with E-state index in [0.717, 1.165) is 6.42 Å². The minimum Gasteiger partial charge on any atom is -0.394 e. The molecular formula is C6H12O3. The van der Waals surface area contributed by atoms with Gasteiger partial charge in [0.1, 0.15) is 6.10 Å². The minimum atomic E-state index is -0.0880. The maximum Gasteiger partial charge on any atom is 0.107 e. The Kier molecular flexibility index (Phi) is 2.45. The normalized spacial score (nSPS) is 35.3. The maximum atomic E-state index is 8.66. The second-order valence-electron chi connectivity index (χ2n) is 2.15. The molecule has 0 amide bonds. The van der Waals surface area contributed by atoms with Gasteiger partial charge in [-0.15, -0.1) is 0 Å². The van der Waals surface area contributed by atoms with Crippen LogP contribution >= 0.6 is 0 Å². The Bertz CT molecular complexity index is 74.4. The molecule has 1 aliphatic rings. The van der Waals surface area contributed by atoms with Crippen molar-refractivity contribution in [1.29, 1.82) is 0 Å². The summed E-state index contributed by atoms with van der Waals surface area (Å²) in [5, 5.41) is 8.66. The third-order valence-electron chi connectivity index (χ3n) is 1.63. The Labute approximate surface area is 54.6 Å². The van der Waals surface area contributed by atoms with Gasteiger partial charge < -0.3 is 14.6 Å². The van der Waals surface area contributed by atoms with E-state index in [0.29, 0.717) is 6.61 Å². The van der Waals surface area contributed by atoms with Crippen molar-refractivity contribution in [3.63, 3.8) is 0 Å². The van der Waals surface area contributed by atoms with Gasteiger partial charge in [0.25, 0.3) is 0 Å². The standard InChI is InChI=1S/C6H12O3/c1-8-5-2-3-9-6(5)4-7/h5-7H,2-4H2,1H3. The second kappa shape index (κ2) is 3.15. The van der Waals surface area contributed by atoms with Crippen LogP contribution in [-0.2, 0) is 9.47 Å². The van der Waals surface area contributed by atoms with Crippen molar-refractivity contribution in [3.05, 3.63) is 0 Å². The molecule has 1 aliphatic heterocycles. The lowest BCUT2D eigenvalue weighted by atomic mass is 10.2. The molecule has 0 aromatic rings. The number of aliphatic hydroxyl groups is 1. The van der Waals surface area contributed by atoms with E-state index in [9.17, 15) is 0 Å². The van der Waals surface area contributed by atoms with E-state index >= 15 is 0 Å². The summed E-state index contributed by atoms with van der Waals surface area (Å²) in [5.41, 5.74) is 0. The van der Waals surface area contributed by atoms with Crippen molar-refractivity contribution >= 4 is 0 Å². The second-order valence-corrected chi connectivity index (χ2v) is 2.15. The lowest BCUT2D eigenvalue weighted by Gasteiger charge is -2.12. The quantitative estimate of drug-likeness (QED) is 0.564. The van der Waals surface area contributed by atoms with Crippen LogP contribution < -0.4 is 0 Å². The number of hydrogen-bond acceptors (Lipinski definition) is 3. The first-order valence-corrected chi connectivity index (χ1v) is 3.13. The van der Waals surface area contributed by atoms with Crippen molar-refractivity contribution < 1.29 is 14.6 Å². The SMILES string of the molecule is COC1CCOC1CO. The van der Waals surface area contributed by atoms with Gasteiger partial charge in [-0.1, -0.05) is 0 Å². The summed E-state index contributed by atoms with van der Waals surface area (Å²) in [7, 11) is 1.64. The third-order valence-corrected chi connectivity index (χ3v) is 1.63. The van der Waals surface area contributed by atoms with Crippen LogP contribution in [0.1, 0.15) is 6.42 Å². The summed E-state index contributed by atoms with van der Waals surface area (Å²) in [5.74, 6) is 0. The van der Waals surface area contributed by atoms with Gasteiger partial charge in [0.05, 0.1) is 12.7 Å². The highest BCUT2D eigenvalue weighted by molar-refractivity contribution is 4.75. The van der Waals surface area contributed by atoms with Crippen LogP contribution in [0.4, 0.5) is 0 Å². The third kappa shape index (κ3) is 1.41. The molecule has 1 heterocycles. The molecule has 54 valence electrons. The molecule has 3 heteroatoms. The minimum absolute atomic E-state index is 0.0680. The Hall–Kier alpha value is -0.120. The van der Waals surface area contributed by atoms with E-state index in [2.05, 4.69) is 0 Å². The first-order chi connectivity index (χ1) is 4.38. The summed E-state index contributed by atoms with van der Waals surface area (Å²) in [6.07, 6.45) is 0.923. The number of hydrogen-bond donors (Lipinski definition) is 1. The lowest BCUT2D eigenvalue weighted by Crippen LogP contribution is -2.26. The van der Waals surface area contributed by atoms with Gasteiger partial charge in [-0.25, -0.2) is 0 Å². The summed E-state index contributed by atoms with van der Waals surface area (Å²) < 4.78 is 10.2. The molecule has 0 aliphatic carbocycles. The molecule has 1 fully saturated rings. The number of rotatable bonds is 2. The Morgan fingerprint density at radius 1 is 1.78 bits per heavy atom. The Morgan fingerprint density at radius 2 is 2.56 bits per heavy atom. The van der Waals surface area contributed by atoms with Gasteiger partial charge in [0, 0.05) is 13.7 Å². The first-order valence-electron chi connectivity index (χ1n) is 3.13. The largest absolute Gasteiger partial charge is 0.394 e. The van der Waals surface area contributed by atoms with Crippen LogP contribution in [0.2, 0.25) is 0 Å². The van der Waals surface area contributed by atoms with Crippen LogP contribution in [-0.4, -0.2) is 37.6 Å². The monoisotopic (exact) mass is 132 g/mol. The topological polar surface area (TPSA) is 38.7 Å². The van der Waals surface area contributed by atoms with Crippen LogP contribution in [0, 0.1) is 0 Å². The van der Waals surface area contributed by atoms with Gasteiger partial charge in [-0.2, -0.15) is 0 Å². The van der Waals surface area contributed by atoms with Gasteiger partial charge in [0.2, 0.25) is 0 Å². The molecule has 0 bridgehead atoms. The number of aliphatic hydroxyl groups excluding tert-OH is 1. The fourth-order valence-electron chi connectivity index (χ4n) is 1.07. The fourth-order valence-corrected chi connectivity index (χ4v) is 1.07. The number of ether oxygens (including phenoxy) is 2. The van der Waals surface area contributed by atoms with Gasteiger partial charge in [-0.05, 0) is 6.42 Å². The lowest BCUT2D eigenvalue weighted by molar-refractivity contribution is -0.0146. The molecule has 3 nitrogen and oxygen atoms in total. The molecule has 0 aromatic heterocycles. The molecule has 9 heavy (non-hydrogen) atoms. The van der Waals surface area contributed by atoms with E-state index in [1.807, 2.05) is 0 Å². The molecule has 0 aromatic carbocycles. The molecule has 1 rings (SSSR count). The molecule has 0 saturated carbocycles. The van der Waals surface area contributed by atoms with Crippen LogP contribution in [0.5, 0.6) is 0 Å². The van der Waals surface area contributed by atoms with Crippen molar-refractivity contribution in [2.24, 2.45) is 0 Å². The number of methoxy groups -OCH3 is 1. The molecule has 1 saturated heterocycles. The predicted octanol–water partition coefficient (Wildman–Crippen LogP) is -0.217. The van der Waals surface area contributed by atoms with Crippen LogP contribution in [0.3, 0.4) is 0 Å². The zero-order chi connectivity index (χ0) is 6.69. The molecule has 0 spiro atoms. The van der Waals surface area contributed by atoms with Crippen LogP contribution in [0.15, 0.2) is 0 Å². The van der Waals surface area contributed by atoms with Crippen molar-refractivity contribution in [2.75, 3.05) is 20.3 Å². The molecular weight excluding hydrogens is 120 g/mol. The van der Waals surface area contributed by atoms with Crippen LogP contribution in [0.25, 0.3) is 0 Å². The van der Waals surface area contributed by atoms with Crippen molar-refractivity contribution in [1.82, 2.24) is 0 Å². The fraction of sp³-hybridized carbons (Fsp3) is 1.00. The van der Waals surface area contributed by atoms with Crippen molar-refractivity contribution in [2.45, 2.75) is 18.6 Å². The highest BCUT2D eigenvalue weighted by atomic mass is 16.6. The van der Waals surface area contributed by atoms with Gasteiger partial charge in [0.15, 0.2) is 0 Å². The Morgan fingerprint density at radius 3 is 3.00 bits per heavy atom. The molecule has 2 unspecified atom stereocenters. The molecule has 1 N–H and O–H groups in total. The zero-order valence-corrected chi connectivity index (χ0v) is 5.54. The average Bonchev–Trinajstić information content (AvgIpc) is 2.33. The highest BCUT2D eigenvalue weighted by Gasteiger charge is 2.26. The van der Waals surface area contributed by atoms with E-state index in [4.69, 9.17) is 14.6 Å². The van der Waals surface area contributed by atoms with E-state index in [1.165, 1.54) is 0 Å². The first kappa shape index (κ1) is 6.99. The average molecular weight is 132 g/mol. The zero-order valence-electron chi connectivity index (χ0n) is 5.54. The summed E-state index contributed by atoms with van der Waals surface area (Å²) in [6.45, 7) is 0.780. The van der Waals surface area contributed by atoms with E-state index in [-0.39, 0.29) is 18.8 Å². The molecule has 2 atom stereocenters. The highest BCUT2D eigenvalue weighted by Crippen LogP contribution is 2.14. The smallest absolute Gasteiger partial charge is 0.107 e.